The molecule has 1 fully saturated rings. The summed E-state index contributed by atoms with van der Waals surface area (Å²) >= 11 is 0. The van der Waals surface area contributed by atoms with Gasteiger partial charge in [-0.3, -0.25) is 4.79 Å². The van der Waals surface area contributed by atoms with E-state index < -0.39 is 5.97 Å². The fourth-order valence-corrected chi connectivity index (χ4v) is 3.45. The summed E-state index contributed by atoms with van der Waals surface area (Å²) in [7, 11) is 0. The van der Waals surface area contributed by atoms with Gasteiger partial charge in [0.1, 0.15) is 0 Å². The third kappa shape index (κ3) is 4.24. The second-order valence-corrected chi connectivity index (χ2v) is 6.55. The molecule has 0 radical (unpaired) electrons. The maximum absolute atomic E-state index is 12.4. The van der Waals surface area contributed by atoms with Gasteiger partial charge in [0.05, 0.1) is 5.56 Å². The Morgan fingerprint density at radius 1 is 0.920 bits per heavy atom. The fourth-order valence-electron chi connectivity index (χ4n) is 3.45. The molecule has 25 heavy (non-hydrogen) atoms. The van der Waals surface area contributed by atoms with Crippen molar-refractivity contribution in [1.82, 2.24) is 0 Å². The molecule has 1 aliphatic rings. The molecular weight excluding hydrogens is 312 g/mol. The molecular formula is C22H22O3. The number of carboxylic acids is 1. The van der Waals surface area contributed by atoms with Crippen LogP contribution in [0.15, 0.2) is 54.6 Å². The first kappa shape index (κ1) is 17.2. The van der Waals surface area contributed by atoms with E-state index in [9.17, 15) is 14.7 Å². The molecule has 0 aliphatic heterocycles. The molecule has 0 saturated heterocycles. The highest BCUT2D eigenvalue weighted by Gasteiger charge is 2.15. The first-order chi connectivity index (χ1) is 12.1. The number of hydrogen-bond donors (Lipinski definition) is 1. The number of aromatic carboxylic acids is 1. The molecule has 1 N–H and O–H groups in total. The van der Waals surface area contributed by atoms with E-state index in [0.717, 1.165) is 0 Å². The van der Waals surface area contributed by atoms with Gasteiger partial charge in [-0.25, -0.2) is 4.79 Å². The minimum atomic E-state index is -0.996. The topological polar surface area (TPSA) is 54.4 Å². The number of hydrogen-bond acceptors (Lipinski definition) is 2. The van der Waals surface area contributed by atoms with Crippen molar-refractivity contribution in [3.05, 3.63) is 76.9 Å². The fraction of sp³-hybridized carbons (Fsp3) is 0.273. The predicted molar refractivity (Wildman–Crippen MR) is 99.0 cm³/mol. The largest absolute Gasteiger partial charge is 0.478 e. The SMILES string of the molecule is O=C(/C=C/c1ccccc1C(=O)O)c1ccc(C2CCCCC2)cc1. The van der Waals surface area contributed by atoms with Crippen LogP contribution in [0.4, 0.5) is 0 Å². The van der Waals surface area contributed by atoms with Crippen molar-refractivity contribution >= 4 is 17.8 Å². The van der Waals surface area contributed by atoms with Crippen molar-refractivity contribution < 1.29 is 14.7 Å². The molecule has 0 amide bonds. The van der Waals surface area contributed by atoms with Gasteiger partial charge in [0, 0.05) is 5.56 Å². The molecule has 0 spiro atoms. The number of carboxylic acid groups (broad SMARTS) is 1. The van der Waals surface area contributed by atoms with Crippen LogP contribution < -0.4 is 0 Å². The van der Waals surface area contributed by atoms with Crippen LogP contribution in [0.25, 0.3) is 6.08 Å². The highest BCUT2D eigenvalue weighted by atomic mass is 16.4. The molecule has 2 aromatic carbocycles. The van der Waals surface area contributed by atoms with Crippen LogP contribution in [0.3, 0.4) is 0 Å². The van der Waals surface area contributed by atoms with Crippen molar-refractivity contribution in [1.29, 1.82) is 0 Å². The van der Waals surface area contributed by atoms with E-state index in [0.29, 0.717) is 17.0 Å². The van der Waals surface area contributed by atoms with Crippen LogP contribution in [0.1, 0.15) is 69.9 Å². The maximum atomic E-state index is 12.4. The first-order valence-corrected chi connectivity index (χ1v) is 8.80. The van der Waals surface area contributed by atoms with Gasteiger partial charge in [-0.1, -0.05) is 67.8 Å². The Balaban J connectivity index is 1.72. The van der Waals surface area contributed by atoms with E-state index >= 15 is 0 Å². The molecule has 1 aliphatic carbocycles. The van der Waals surface area contributed by atoms with Gasteiger partial charge >= 0.3 is 5.97 Å². The highest BCUT2D eigenvalue weighted by Crippen LogP contribution is 2.32. The molecule has 3 heteroatoms. The summed E-state index contributed by atoms with van der Waals surface area (Å²) < 4.78 is 0. The number of carbonyl (C=O) groups excluding carboxylic acids is 1. The Morgan fingerprint density at radius 2 is 1.60 bits per heavy atom. The first-order valence-electron chi connectivity index (χ1n) is 8.80. The Bertz CT molecular complexity index is 781. The summed E-state index contributed by atoms with van der Waals surface area (Å²) in [6.07, 6.45) is 9.39. The van der Waals surface area contributed by atoms with Crippen molar-refractivity contribution in [2.45, 2.75) is 38.0 Å². The lowest BCUT2D eigenvalue weighted by Crippen LogP contribution is -2.05. The van der Waals surface area contributed by atoms with E-state index in [1.807, 2.05) is 12.1 Å². The average molecular weight is 334 g/mol. The zero-order valence-electron chi connectivity index (χ0n) is 14.2. The number of rotatable bonds is 5. The summed E-state index contributed by atoms with van der Waals surface area (Å²) in [6.45, 7) is 0. The van der Waals surface area contributed by atoms with Gasteiger partial charge in [0.2, 0.25) is 0 Å². The second kappa shape index (κ2) is 7.93. The summed E-state index contributed by atoms with van der Waals surface area (Å²) in [6, 6.07) is 14.5. The van der Waals surface area contributed by atoms with Crippen molar-refractivity contribution in [3.8, 4) is 0 Å². The Kier molecular flexibility index (Phi) is 5.44. The molecule has 0 atom stereocenters. The quantitative estimate of drug-likeness (QED) is 0.594. The zero-order valence-corrected chi connectivity index (χ0v) is 14.2. The van der Waals surface area contributed by atoms with Crippen LogP contribution in [0.5, 0.6) is 0 Å². The normalized spacial score (nSPS) is 15.4. The molecule has 0 bridgehead atoms. The monoisotopic (exact) mass is 334 g/mol. The highest BCUT2D eigenvalue weighted by molar-refractivity contribution is 6.07. The lowest BCUT2D eigenvalue weighted by atomic mass is 9.84. The Hall–Kier alpha value is -2.68. The summed E-state index contributed by atoms with van der Waals surface area (Å²) in [5, 5.41) is 9.18. The number of benzene rings is 2. The van der Waals surface area contributed by atoms with Gasteiger partial charge in [-0.05, 0) is 42.0 Å². The Morgan fingerprint density at radius 3 is 2.28 bits per heavy atom. The van der Waals surface area contributed by atoms with Crippen LogP contribution >= 0.6 is 0 Å². The smallest absolute Gasteiger partial charge is 0.336 e. The van der Waals surface area contributed by atoms with E-state index in [4.69, 9.17) is 0 Å². The summed E-state index contributed by atoms with van der Waals surface area (Å²) in [5.74, 6) is -0.490. The summed E-state index contributed by atoms with van der Waals surface area (Å²) in [5.41, 5.74) is 2.67. The minimum Gasteiger partial charge on any atom is -0.478 e. The standard InChI is InChI=1S/C22H22O3/c23-21(15-14-18-8-4-5-9-20(18)22(24)25)19-12-10-17(11-13-19)16-6-2-1-3-7-16/h4-5,8-16H,1-3,6-7H2,(H,24,25)/b15-14+. The molecule has 3 nitrogen and oxygen atoms in total. The molecule has 1 saturated carbocycles. The molecule has 0 aromatic heterocycles. The van der Waals surface area contributed by atoms with Gasteiger partial charge in [0.15, 0.2) is 5.78 Å². The Labute approximate surface area is 148 Å². The molecule has 128 valence electrons. The maximum Gasteiger partial charge on any atom is 0.336 e. The van der Waals surface area contributed by atoms with Crippen LogP contribution in [0, 0.1) is 0 Å². The van der Waals surface area contributed by atoms with E-state index in [1.54, 1.807) is 24.3 Å². The lowest BCUT2D eigenvalue weighted by Gasteiger charge is -2.21. The molecule has 0 heterocycles. The van der Waals surface area contributed by atoms with Gasteiger partial charge < -0.3 is 5.11 Å². The third-order valence-electron chi connectivity index (χ3n) is 4.88. The van der Waals surface area contributed by atoms with Crippen LogP contribution in [-0.4, -0.2) is 16.9 Å². The molecule has 2 aromatic rings. The van der Waals surface area contributed by atoms with Crippen molar-refractivity contribution in [2.75, 3.05) is 0 Å². The zero-order chi connectivity index (χ0) is 17.6. The van der Waals surface area contributed by atoms with Gasteiger partial charge in [-0.2, -0.15) is 0 Å². The molecule has 3 rings (SSSR count). The number of ketones is 1. The molecule has 0 unspecified atom stereocenters. The summed E-state index contributed by atoms with van der Waals surface area (Å²) in [4.78, 5) is 23.6. The third-order valence-corrected chi connectivity index (χ3v) is 4.88. The van der Waals surface area contributed by atoms with Gasteiger partial charge in [-0.15, -0.1) is 0 Å². The second-order valence-electron chi connectivity index (χ2n) is 6.55. The van der Waals surface area contributed by atoms with E-state index in [-0.39, 0.29) is 11.3 Å². The number of carbonyl (C=O) groups is 2. The van der Waals surface area contributed by atoms with Crippen LogP contribution in [-0.2, 0) is 0 Å². The van der Waals surface area contributed by atoms with Crippen molar-refractivity contribution in [3.63, 3.8) is 0 Å². The van der Waals surface area contributed by atoms with E-state index in [2.05, 4.69) is 12.1 Å². The van der Waals surface area contributed by atoms with Gasteiger partial charge in [0.25, 0.3) is 0 Å². The van der Waals surface area contributed by atoms with E-state index in [1.165, 1.54) is 49.8 Å². The lowest BCUT2D eigenvalue weighted by molar-refractivity contribution is 0.0696. The van der Waals surface area contributed by atoms with Crippen molar-refractivity contribution in [2.24, 2.45) is 0 Å². The average Bonchev–Trinajstić information content (AvgIpc) is 2.67. The predicted octanol–water partition coefficient (Wildman–Crippen LogP) is 5.33. The number of allylic oxidation sites excluding steroid dienone is 1. The minimum absolute atomic E-state index is 0.115. The van der Waals surface area contributed by atoms with Crippen LogP contribution in [0.2, 0.25) is 0 Å².